The maximum atomic E-state index is 13.5. The zero-order chi connectivity index (χ0) is 24.5. The summed E-state index contributed by atoms with van der Waals surface area (Å²) in [6.45, 7) is 11.9. The quantitative estimate of drug-likeness (QED) is 0.463. The fourth-order valence-corrected chi connectivity index (χ4v) is 5.76. The van der Waals surface area contributed by atoms with Gasteiger partial charge >= 0.3 is 0 Å². The van der Waals surface area contributed by atoms with E-state index < -0.39 is 6.10 Å². The number of H-pyrrole nitrogens is 1. The van der Waals surface area contributed by atoms with E-state index >= 15 is 0 Å². The van der Waals surface area contributed by atoms with Crippen LogP contribution < -0.4 is 5.32 Å². The molecule has 34 heavy (non-hydrogen) atoms. The van der Waals surface area contributed by atoms with E-state index in [9.17, 15) is 9.90 Å². The van der Waals surface area contributed by atoms with Gasteiger partial charge in [-0.1, -0.05) is 24.8 Å². The zero-order valence-electron chi connectivity index (χ0n) is 21.0. The number of aromatic amines is 1. The van der Waals surface area contributed by atoms with Crippen molar-refractivity contribution in [1.82, 2.24) is 10.3 Å². The molecule has 1 heterocycles. The fraction of sp³-hybridized carbons (Fsp3) is 0.517. The highest BCUT2D eigenvalue weighted by Crippen LogP contribution is 2.59. The second-order valence-corrected chi connectivity index (χ2v) is 10.5. The first-order valence-electron chi connectivity index (χ1n) is 12.6. The predicted molar refractivity (Wildman–Crippen MR) is 138 cm³/mol. The Morgan fingerprint density at radius 3 is 2.56 bits per heavy atom. The van der Waals surface area contributed by atoms with E-state index in [1.165, 1.54) is 5.56 Å². The van der Waals surface area contributed by atoms with Crippen molar-refractivity contribution in [3.63, 3.8) is 0 Å². The standard InChI is InChI=1S/C29H39N3O2/c1-6-30-26(24-12-16-31-20(24)4)22-9-10-25(29(13-11-22)14-15-29)28(34)32-21(5)27(33)23-8-7-18(2)19(3)17-23/h6-8,12,16-17,21-22,25,27,31,33H,1,9-11,13-15H2,2-5H3,(H,32,34)/t21-,22?,25+,27+/m0/s1. The van der Waals surface area contributed by atoms with Gasteiger partial charge in [-0.15, -0.1) is 0 Å². The minimum Gasteiger partial charge on any atom is -0.386 e. The predicted octanol–water partition coefficient (Wildman–Crippen LogP) is 5.70. The summed E-state index contributed by atoms with van der Waals surface area (Å²) in [5, 5.41) is 14.1. The molecule has 1 unspecified atom stereocenters. The highest BCUT2D eigenvalue weighted by molar-refractivity contribution is 6.03. The molecule has 1 spiro atoms. The molecule has 1 aromatic carbocycles. The van der Waals surface area contributed by atoms with Crippen LogP contribution in [-0.2, 0) is 4.79 Å². The number of aryl methyl sites for hydroxylation is 3. The molecular weight excluding hydrogens is 422 g/mol. The van der Waals surface area contributed by atoms with Crippen molar-refractivity contribution in [1.29, 1.82) is 0 Å². The van der Waals surface area contributed by atoms with Crippen LogP contribution in [-0.4, -0.2) is 27.8 Å². The van der Waals surface area contributed by atoms with Crippen molar-refractivity contribution >= 4 is 11.6 Å². The van der Waals surface area contributed by atoms with Gasteiger partial charge in [0, 0.05) is 35.5 Å². The number of aliphatic hydroxyl groups is 1. The largest absolute Gasteiger partial charge is 0.386 e. The number of hydrogen-bond acceptors (Lipinski definition) is 3. The first-order chi connectivity index (χ1) is 16.3. The molecule has 0 aliphatic heterocycles. The molecule has 5 nitrogen and oxygen atoms in total. The lowest BCUT2D eigenvalue weighted by molar-refractivity contribution is -0.129. The average molecular weight is 462 g/mol. The number of amides is 1. The lowest BCUT2D eigenvalue weighted by atomic mass is 9.83. The van der Waals surface area contributed by atoms with Crippen molar-refractivity contribution in [2.24, 2.45) is 22.2 Å². The Labute approximate surface area is 203 Å². The molecule has 2 aromatic rings. The summed E-state index contributed by atoms with van der Waals surface area (Å²) in [6.07, 6.45) is 8.98. The van der Waals surface area contributed by atoms with Gasteiger partial charge in [0.2, 0.25) is 5.91 Å². The number of nitrogens with zero attached hydrogens (tertiary/aromatic N) is 1. The first kappa shape index (κ1) is 24.5. The Bertz CT molecular complexity index is 1080. The number of carbonyl (C=O) groups excluding carboxylic acids is 1. The Kier molecular flexibility index (Phi) is 7.13. The molecule has 2 aliphatic carbocycles. The fourth-order valence-electron chi connectivity index (χ4n) is 5.76. The van der Waals surface area contributed by atoms with E-state index in [0.29, 0.717) is 5.92 Å². The van der Waals surface area contributed by atoms with Crippen LogP contribution in [0.5, 0.6) is 0 Å². The zero-order valence-corrected chi connectivity index (χ0v) is 21.0. The minimum absolute atomic E-state index is 0.00999. The molecule has 2 aliphatic rings. The lowest BCUT2D eigenvalue weighted by Gasteiger charge is -2.28. The average Bonchev–Trinajstić information content (AvgIpc) is 3.52. The van der Waals surface area contributed by atoms with Crippen LogP contribution in [0.1, 0.15) is 79.5 Å². The Morgan fingerprint density at radius 2 is 1.94 bits per heavy atom. The van der Waals surface area contributed by atoms with E-state index in [2.05, 4.69) is 41.8 Å². The molecule has 4 rings (SSSR count). The van der Waals surface area contributed by atoms with Crippen molar-refractivity contribution < 1.29 is 9.90 Å². The second kappa shape index (κ2) is 9.91. The molecule has 3 N–H and O–H groups in total. The number of aliphatic imine (C=N–C) groups is 1. The van der Waals surface area contributed by atoms with Gasteiger partial charge in [0.25, 0.3) is 0 Å². The Hall–Kier alpha value is -2.66. The third-order valence-electron chi connectivity index (χ3n) is 8.31. The van der Waals surface area contributed by atoms with Gasteiger partial charge < -0.3 is 15.4 Å². The monoisotopic (exact) mass is 461 g/mol. The molecule has 1 aromatic heterocycles. The highest BCUT2D eigenvalue weighted by atomic mass is 16.3. The maximum Gasteiger partial charge on any atom is 0.223 e. The summed E-state index contributed by atoms with van der Waals surface area (Å²) in [7, 11) is 0. The number of aliphatic hydroxyl groups excluding tert-OH is 1. The molecule has 2 fully saturated rings. The van der Waals surface area contributed by atoms with E-state index in [1.54, 1.807) is 6.20 Å². The SMILES string of the molecule is C=CN=C(c1cc[nH]c1C)C1CC[C@H](C(=O)N[C@@H](C)[C@@H](O)c2ccc(C)c(C)c2)C2(CC1)CC2. The molecule has 0 bridgehead atoms. The van der Waals surface area contributed by atoms with E-state index in [0.717, 1.165) is 66.6 Å². The van der Waals surface area contributed by atoms with Crippen LogP contribution in [0.15, 0.2) is 48.2 Å². The van der Waals surface area contributed by atoms with Crippen molar-refractivity contribution in [2.45, 2.75) is 78.4 Å². The van der Waals surface area contributed by atoms with Crippen LogP contribution in [0.4, 0.5) is 0 Å². The van der Waals surface area contributed by atoms with Gasteiger partial charge in [-0.25, -0.2) is 0 Å². The summed E-state index contributed by atoms with van der Waals surface area (Å²) in [5.74, 6) is 0.402. The number of rotatable bonds is 7. The normalized spacial score (nSPS) is 23.7. The summed E-state index contributed by atoms with van der Waals surface area (Å²) in [6, 6.07) is 7.75. The van der Waals surface area contributed by atoms with Gasteiger partial charge in [-0.2, -0.15) is 0 Å². The second-order valence-electron chi connectivity index (χ2n) is 10.5. The van der Waals surface area contributed by atoms with Gasteiger partial charge in [0.1, 0.15) is 0 Å². The number of benzene rings is 1. The van der Waals surface area contributed by atoms with Crippen LogP contribution in [0.25, 0.3) is 0 Å². The number of hydrogen-bond donors (Lipinski definition) is 3. The summed E-state index contributed by atoms with van der Waals surface area (Å²) in [5.41, 5.74) is 6.67. The number of nitrogens with one attached hydrogen (secondary N) is 2. The maximum absolute atomic E-state index is 13.5. The van der Waals surface area contributed by atoms with Crippen LogP contribution in [0, 0.1) is 38.0 Å². The van der Waals surface area contributed by atoms with E-state index in [-0.39, 0.29) is 23.3 Å². The van der Waals surface area contributed by atoms with Gasteiger partial charge in [0.15, 0.2) is 0 Å². The first-order valence-corrected chi connectivity index (χ1v) is 12.6. The van der Waals surface area contributed by atoms with Crippen molar-refractivity contribution in [2.75, 3.05) is 0 Å². The van der Waals surface area contributed by atoms with Gasteiger partial charge in [0.05, 0.1) is 17.9 Å². The van der Waals surface area contributed by atoms with Crippen LogP contribution in [0.2, 0.25) is 0 Å². The molecule has 5 heteroatoms. The Morgan fingerprint density at radius 1 is 1.18 bits per heavy atom. The molecule has 0 saturated heterocycles. The molecule has 182 valence electrons. The Balaban J connectivity index is 1.46. The topological polar surface area (TPSA) is 77.5 Å². The van der Waals surface area contributed by atoms with E-state index in [4.69, 9.17) is 0 Å². The smallest absolute Gasteiger partial charge is 0.223 e. The van der Waals surface area contributed by atoms with E-state index in [1.807, 2.05) is 38.2 Å². The number of carbonyl (C=O) groups is 1. The van der Waals surface area contributed by atoms with Gasteiger partial charge in [-0.05, 0) is 94.4 Å². The van der Waals surface area contributed by atoms with Crippen molar-refractivity contribution in [3.05, 3.63) is 71.2 Å². The number of aromatic nitrogens is 1. The summed E-state index contributed by atoms with van der Waals surface area (Å²) in [4.78, 5) is 21.4. The van der Waals surface area contributed by atoms with Gasteiger partial charge in [-0.3, -0.25) is 9.79 Å². The van der Waals surface area contributed by atoms with Crippen LogP contribution in [0.3, 0.4) is 0 Å². The third kappa shape index (κ3) is 4.90. The summed E-state index contributed by atoms with van der Waals surface area (Å²) < 4.78 is 0. The minimum atomic E-state index is -0.722. The molecule has 2 saturated carbocycles. The van der Waals surface area contributed by atoms with Crippen molar-refractivity contribution in [3.8, 4) is 0 Å². The van der Waals surface area contributed by atoms with Crippen LogP contribution >= 0.6 is 0 Å². The summed E-state index contributed by atoms with van der Waals surface area (Å²) >= 11 is 0. The highest BCUT2D eigenvalue weighted by Gasteiger charge is 2.53. The third-order valence-corrected chi connectivity index (χ3v) is 8.31. The molecule has 1 amide bonds. The molecule has 0 radical (unpaired) electrons. The molecular formula is C29H39N3O2. The lowest BCUT2D eigenvalue weighted by Crippen LogP contribution is -2.43. The molecule has 4 atom stereocenters.